The quantitative estimate of drug-likeness (QED) is 0.784. The number of nitriles is 1. The molecule has 0 spiro atoms. The van der Waals surface area contributed by atoms with E-state index in [1.54, 1.807) is 13.0 Å². The Kier molecular flexibility index (Phi) is 4.69. The lowest BCUT2D eigenvalue weighted by Crippen LogP contribution is -2.17. The number of esters is 1. The summed E-state index contributed by atoms with van der Waals surface area (Å²) in [6, 6.07) is 3.21. The van der Waals surface area contributed by atoms with Gasteiger partial charge >= 0.3 is 12.1 Å². The summed E-state index contributed by atoms with van der Waals surface area (Å²) in [4.78, 5) is 14.2. The van der Waals surface area contributed by atoms with Gasteiger partial charge in [-0.05, 0) is 19.1 Å². The van der Waals surface area contributed by atoms with Crippen molar-refractivity contribution in [2.45, 2.75) is 13.1 Å². The lowest BCUT2D eigenvalue weighted by molar-refractivity contribution is -0.145. The molecular weight excluding hydrogens is 265 g/mol. The summed E-state index contributed by atoms with van der Waals surface area (Å²) >= 11 is 0. The molecule has 0 aliphatic heterocycles. The van der Waals surface area contributed by atoms with E-state index in [4.69, 9.17) is 10.00 Å². The van der Waals surface area contributed by atoms with Gasteiger partial charge in [-0.15, -0.1) is 0 Å². The molecule has 0 fully saturated rings. The Morgan fingerprint density at radius 3 is 2.68 bits per heavy atom. The van der Waals surface area contributed by atoms with Crippen LogP contribution in [0.2, 0.25) is 0 Å². The van der Waals surface area contributed by atoms with Gasteiger partial charge in [0.1, 0.15) is 17.3 Å². The molecule has 1 rings (SSSR count). The van der Waals surface area contributed by atoms with E-state index in [2.05, 4.69) is 9.72 Å². The van der Waals surface area contributed by atoms with Crippen LogP contribution in [0.3, 0.4) is 0 Å². The number of halogens is 3. The first-order valence-electron chi connectivity index (χ1n) is 5.15. The number of pyridine rings is 1. The second-order valence-corrected chi connectivity index (χ2v) is 3.25. The van der Waals surface area contributed by atoms with Gasteiger partial charge in [0.05, 0.1) is 6.61 Å². The molecule has 0 saturated heterocycles. The van der Waals surface area contributed by atoms with Crippen molar-refractivity contribution in [3.63, 3.8) is 0 Å². The van der Waals surface area contributed by atoms with Crippen molar-refractivity contribution in [1.82, 2.24) is 4.98 Å². The molecule has 19 heavy (non-hydrogen) atoms. The Bertz CT molecular complexity index is 509. The Morgan fingerprint density at radius 1 is 1.47 bits per heavy atom. The first-order valence-corrected chi connectivity index (χ1v) is 5.15. The van der Waals surface area contributed by atoms with Crippen LogP contribution in [0.4, 0.5) is 13.2 Å². The highest BCUT2D eigenvalue weighted by molar-refractivity contribution is 5.71. The normalized spacial score (nSPS) is 10.7. The zero-order valence-corrected chi connectivity index (χ0v) is 9.82. The third-order valence-electron chi connectivity index (χ3n) is 1.90. The molecule has 102 valence electrons. The predicted octanol–water partition coefficient (Wildman–Crippen LogP) is 1.91. The van der Waals surface area contributed by atoms with Gasteiger partial charge < -0.3 is 9.47 Å². The third-order valence-corrected chi connectivity index (χ3v) is 1.90. The van der Waals surface area contributed by atoms with Gasteiger partial charge in [0.25, 0.3) is 0 Å². The van der Waals surface area contributed by atoms with E-state index >= 15 is 0 Å². The standard InChI is InChI=1S/C11H9F3N2O3/c1-2-18-9(17)6-19-10-7(5-15)3-4-8(16-10)11(12,13)14/h3-4H,2,6H2,1H3. The monoisotopic (exact) mass is 274 g/mol. The molecule has 0 amide bonds. The summed E-state index contributed by atoms with van der Waals surface area (Å²) < 4.78 is 46.6. The minimum atomic E-state index is -4.66. The van der Waals surface area contributed by atoms with Crippen molar-refractivity contribution >= 4 is 5.97 Å². The highest BCUT2D eigenvalue weighted by Crippen LogP contribution is 2.29. The summed E-state index contributed by atoms with van der Waals surface area (Å²) in [6.07, 6.45) is -4.66. The van der Waals surface area contributed by atoms with Gasteiger partial charge in [-0.2, -0.15) is 18.4 Å². The van der Waals surface area contributed by atoms with E-state index in [1.807, 2.05) is 0 Å². The smallest absolute Gasteiger partial charge is 0.433 e. The van der Waals surface area contributed by atoms with Crippen LogP contribution in [0, 0.1) is 11.3 Å². The average molecular weight is 274 g/mol. The fraction of sp³-hybridized carbons (Fsp3) is 0.364. The summed E-state index contributed by atoms with van der Waals surface area (Å²) in [6.45, 7) is 1.07. The Morgan fingerprint density at radius 2 is 2.16 bits per heavy atom. The van der Waals surface area contributed by atoms with E-state index in [1.165, 1.54) is 0 Å². The molecule has 0 unspecified atom stereocenters. The van der Waals surface area contributed by atoms with Crippen LogP contribution in [0.1, 0.15) is 18.2 Å². The van der Waals surface area contributed by atoms with Crippen LogP contribution in [0.5, 0.6) is 5.88 Å². The number of hydrogen-bond acceptors (Lipinski definition) is 5. The first-order chi connectivity index (χ1) is 8.88. The molecule has 0 radical (unpaired) electrons. The van der Waals surface area contributed by atoms with Gasteiger partial charge in [0.15, 0.2) is 6.61 Å². The number of aromatic nitrogens is 1. The maximum Gasteiger partial charge on any atom is 0.433 e. The molecule has 0 aromatic carbocycles. The van der Waals surface area contributed by atoms with Crippen LogP contribution in [-0.2, 0) is 15.7 Å². The molecule has 0 bridgehead atoms. The summed E-state index contributed by atoms with van der Waals surface area (Å²) in [5.41, 5.74) is -1.40. The third kappa shape index (κ3) is 4.13. The molecule has 0 N–H and O–H groups in total. The van der Waals surface area contributed by atoms with Gasteiger partial charge in [-0.3, -0.25) is 0 Å². The molecule has 0 aliphatic rings. The van der Waals surface area contributed by atoms with Crippen LogP contribution in [-0.4, -0.2) is 24.2 Å². The zero-order chi connectivity index (χ0) is 14.5. The number of hydrogen-bond donors (Lipinski definition) is 0. The lowest BCUT2D eigenvalue weighted by atomic mass is 10.2. The van der Waals surface area contributed by atoms with E-state index in [0.717, 1.165) is 6.07 Å². The summed E-state index contributed by atoms with van der Waals surface area (Å²) in [5.74, 6) is -1.31. The average Bonchev–Trinajstić information content (AvgIpc) is 2.35. The number of alkyl halides is 3. The highest BCUT2D eigenvalue weighted by atomic mass is 19.4. The fourth-order valence-electron chi connectivity index (χ4n) is 1.12. The van der Waals surface area contributed by atoms with Gasteiger partial charge in [-0.1, -0.05) is 0 Å². The largest absolute Gasteiger partial charge is 0.465 e. The fourth-order valence-corrected chi connectivity index (χ4v) is 1.12. The summed E-state index contributed by atoms with van der Waals surface area (Å²) in [7, 11) is 0. The maximum atomic E-state index is 12.4. The van der Waals surface area contributed by atoms with Crippen LogP contribution in [0.25, 0.3) is 0 Å². The maximum absolute atomic E-state index is 12.4. The molecule has 8 heteroatoms. The van der Waals surface area contributed by atoms with Crippen molar-refractivity contribution in [2.75, 3.05) is 13.2 Å². The number of nitrogens with zero attached hydrogens (tertiary/aromatic N) is 2. The van der Waals surface area contributed by atoms with Gasteiger partial charge in [0, 0.05) is 0 Å². The van der Waals surface area contributed by atoms with Crippen molar-refractivity contribution in [3.05, 3.63) is 23.4 Å². The van der Waals surface area contributed by atoms with Crippen LogP contribution in [0.15, 0.2) is 12.1 Å². The second kappa shape index (κ2) is 6.04. The second-order valence-electron chi connectivity index (χ2n) is 3.25. The first kappa shape index (κ1) is 14.8. The predicted molar refractivity (Wildman–Crippen MR) is 56.1 cm³/mol. The number of carbonyl (C=O) groups excluding carboxylic acids is 1. The highest BCUT2D eigenvalue weighted by Gasteiger charge is 2.33. The van der Waals surface area contributed by atoms with Crippen LogP contribution < -0.4 is 4.74 Å². The van der Waals surface area contributed by atoms with Gasteiger partial charge in [-0.25, -0.2) is 9.78 Å². The molecule has 0 aliphatic carbocycles. The minimum Gasteiger partial charge on any atom is -0.465 e. The van der Waals surface area contributed by atoms with Crippen molar-refractivity contribution in [2.24, 2.45) is 0 Å². The summed E-state index contributed by atoms with van der Waals surface area (Å²) in [5, 5.41) is 8.71. The van der Waals surface area contributed by atoms with E-state index in [-0.39, 0.29) is 12.2 Å². The molecule has 0 atom stereocenters. The van der Waals surface area contributed by atoms with Crippen molar-refractivity contribution < 1.29 is 27.4 Å². The van der Waals surface area contributed by atoms with E-state index in [9.17, 15) is 18.0 Å². The van der Waals surface area contributed by atoms with Crippen LogP contribution >= 0.6 is 0 Å². The van der Waals surface area contributed by atoms with Crippen molar-refractivity contribution in [1.29, 1.82) is 5.26 Å². The topological polar surface area (TPSA) is 72.2 Å². The number of rotatable bonds is 4. The van der Waals surface area contributed by atoms with E-state index in [0.29, 0.717) is 6.07 Å². The Labute approximate surface area is 106 Å². The molecular formula is C11H9F3N2O3. The lowest BCUT2D eigenvalue weighted by Gasteiger charge is -2.10. The SMILES string of the molecule is CCOC(=O)COc1nc(C(F)(F)F)ccc1C#N. The molecule has 5 nitrogen and oxygen atoms in total. The number of ether oxygens (including phenoxy) is 2. The Hall–Kier alpha value is -2.30. The van der Waals surface area contributed by atoms with E-state index < -0.39 is 30.3 Å². The number of carbonyl (C=O) groups is 1. The zero-order valence-electron chi connectivity index (χ0n) is 9.82. The molecule has 0 saturated carbocycles. The molecule has 1 aromatic heterocycles. The Balaban J connectivity index is 2.92. The molecule has 1 heterocycles. The van der Waals surface area contributed by atoms with Gasteiger partial charge in [0.2, 0.25) is 5.88 Å². The van der Waals surface area contributed by atoms with Crippen molar-refractivity contribution in [3.8, 4) is 11.9 Å². The minimum absolute atomic E-state index is 0.114. The molecule has 1 aromatic rings.